The summed E-state index contributed by atoms with van der Waals surface area (Å²) < 4.78 is 37.8. The SMILES string of the molecule is CCN(C(=O)Cc1ccc(S(C)(=O)=O)cc1)C1CCN(C(C)C[C@H](NC(=O)c2ccccc2F)c2ccccc2)CC1. The van der Waals surface area contributed by atoms with Crippen LogP contribution in [0.15, 0.2) is 83.8 Å². The van der Waals surface area contributed by atoms with Crippen LogP contribution in [0.5, 0.6) is 0 Å². The minimum absolute atomic E-state index is 0.0302. The van der Waals surface area contributed by atoms with Crippen molar-refractivity contribution in [2.75, 3.05) is 25.9 Å². The second-order valence-corrected chi connectivity index (χ2v) is 13.1. The zero-order valence-corrected chi connectivity index (χ0v) is 25.3. The van der Waals surface area contributed by atoms with Crippen LogP contribution in [0, 0.1) is 5.82 Å². The molecule has 1 aliphatic heterocycles. The van der Waals surface area contributed by atoms with E-state index >= 15 is 0 Å². The van der Waals surface area contributed by atoms with Crippen molar-refractivity contribution in [2.24, 2.45) is 0 Å². The highest BCUT2D eigenvalue weighted by atomic mass is 32.2. The highest BCUT2D eigenvalue weighted by molar-refractivity contribution is 7.90. The maximum absolute atomic E-state index is 14.3. The van der Waals surface area contributed by atoms with Crippen molar-refractivity contribution in [2.45, 2.75) is 62.6 Å². The van der Waals surface area contributed by atoms with Gasteiger partial charge in [-0.2, -0.15) is 0 Å². The smallest absolute Gasteiger partial charge is 0.254 e. The quantitative estimate of drug-likeness (QED) is 0.337. The van der Waals surface area contributed by atoms with Gasteiger partial charge in [-0.15, -0.1) is 0 Å². The molecule has 224 valence electrons. The molecule has 0 spiro atoms. The Hall–Kier alpha value is -3.56. The van der Waals surface area contributed by atoms with E-state index in [4.69, 9.17) is 0 Å². The van der Waals surface area contributed by atoms with E-state index in [2.05, 4.69) is 17.1 Å². The molecule has 1 N–H and O–H groups in total. The molecule has 1 saturated heterocycles. The second-order valence-electron chi connectivity index (χ2n) is 11.0. The van der Waals surface area contributed by atoms with E-state index in [0.29, 0.717) is 13.0 Å². The number of likely N-dealkylation sites (N-methyl/N-ethyl adjacent to an activating group) is 1. The van der Waals surface area contributed by atoms with Crippen LogP contribution in [0.2, 0.25) is 0 Å². The second kappa shape index (κ2) is 14.1. The van der Waals surface area contributed by atoms with Crippen molar-refractivity contribution in [3.05, 3.63) is 101 Å². The molecule has 0 aromatic heterocycles. The molecule has 4 rings (SSSR count). The first-order chi connectivity index (χ1) is 20.1. The molecule has 2 amide bonds. The lowest BCUT2D eigenvalue weighted by atomic mass is 9.95. The van der Waals surface area contributed by atoms with Crippen molar-refractivity contribution < 1.29 is 22.4 Å². The van der Waals surface area contributed by atoms with Crippen LogP contribution < -0.4 is 5.32 Å². The van der Waals surface area contributed by atoms with Gasteiger partial charge in [-0.05, 0) is 68.5 Å². The molecule has 7 nitrogen and oxygen atoms in total. The number of amides is 2. The van der Waals surface area contributed by atoms with Gasteiger partial charge in [0.1, 0.15) is 5.82 Å². The summed E-state index contributed by atoms with van der Waals surface area (Å²) in [4.78, 5) is 30.8. The standard InChI is InChI=1S/C33H40FN3O4S/c1-4-37(32(38)23-25-14-16-28(17-15-25)42(3,40)41)27-18-20-36(21-19-27)24(2)22-31(26-10-6-5-7-11-26)35-33(39)29-12-8-9-13-30(29)34/h5-17,24,27,31H,4,18-23H2,1-3H3,(H,35,39)/t24?,31-/m0/s1. The van der Waals surface area contributed by atoms with E-state index < -0.39 is 21.6 Å². The van der Waals surface area contributed by atoms with Gasteiger partial charge < -0.3 is 15.1 Å². The molecule has 0 bridgehead atoms. The van der Waals surface area contributed by atoms with Crippen LogP contribution in [0.25, 0.3) is 0 Å². The molecule has 0 saturated carbocycles. The summed E-state index contributed by atoms with van der Waals surface area (Å²) in [6.07, 6.45) is 3.75. The van der Waals surface area contributed by atoms with E-state index in [1.165, 1.54) is 18.4 Å². The summed E-state index contributed by atoms with van der Waals surface area (Å²) in [7, 11) is -3.28. The average Bonchev–Trinajstić information content (AvgIpc) is 2.98. The largest absolute Gasteiger partial charge is 0.345 e. The Morgan fingerprint density at radius 3 is 2.19 bits per heavy atom. The summed E-state index contributed by atoms with van der Waals surface area (Å²) in [6, 6.07) is 22.3. The fraction of sp³-hybridized carbons (Fsp3) is 0.394. The molecule has 1 fully saturated rings. The van der Waals surface area contributed by atoms with Gasteiger partial charge in [0.15, 0.2) is 9.84 Å². The van der Waals surface area contributed by atoms with Gasteiger partial charge in [0.25, 0.3) is 5.91 Å². The number of nitrogens with one attached hydrogen (secondary N) is 1. The lowest BCUT2D eigenvalue weighted by Crippen LogP contribution is -2.50. The third-order valence-corrected chi connectivity index (χ3v) is 9.26. The number of hydrogen-bond acceptors (Lipinski definition) is 5. The molecule has 2 atom stereocenters. The zero-order valence-electron chi connectivity index (χ0n) is 24.5. The number of rotatable bonds is 11. The monoisotopic (exact) mass is 593 g/mol. The number of likely N-dealkylation sites (tertiary alicyclic amines) is 1. The van der Waals surface area contributed by atoms with E-state index in [9.17, 15) is 22.4 Å². The third-order valence-electron chi connectivity index (χ3n) is 8.13. The van der Waals surface area contributed by atoms with Crippen LogP contribution in [-0.4, -0.2) is 68.0 Å². The normalized spacial score (nSPS) is 16.0. The number of carbonyl (C=O) groups is 2. The Morgan fingerprint density at radius 2 is 1.60 bits per heavy atom. The van der Waals surface area contributed by atoms with Gasteiger partial charge in [0, 0.05) is 38.0 Å². The lowest BCUT2D eigenvalue weighted by molar-refractivity contribution is -0.133. The Kier molecular flexibility index (Phi) is 10.5. The first-order valence-corrected chi connectivity index (χ1v) is 16.4. The van der Waals surface area contributed by atoms with Gasteiger partial charge >= 0.3 is 0 Å². The van der Waals surface area contributed by atoms with Crippen molar-refractivity contribution in [3.63, 3.8) is 0 Å². The number of sulfone groups is 1. The first-order valence-electron chi connectivity index (χ1n) is 14.5. The van der Waals surface area contributed by atoms with E-state index in [-0.39, 0.29) is 40.9 Å². The van der Waals surface area contributed by atoms with Crippen molar-refractivity contribution >= 4 is 21.7 Å². The van der Waals surface area contributed by atoms with Crippen LogP contribution >= 0.6 is 0 Å². The fourth-order valence-corrected chi connectivity index (χ4v) is 6.37. The first kappa shape index (κ1) is 31.4. The van der Waals surface area contributed by atoms with Crippen LogP contribution in [-0.2, 0) is 21.1 Å². The van der Waals surface area contributed by atoms with Gasteiger partial charge in [-0.25, -0.2) is 12.8 Å². The van der Waals surface area contributed by atoms with Gasteiger partial charge in [0.05, 0.1) is 22.9 Å². The molecule has 0 radical (unpaired) electrons. The van der Waals surface area contributed by atoms with E-state index in [1.54, 1.807) is 36.4 Å². The number of hydrogen-bond donors (Lipinski definition) is 1. The van der Waals surface area contributed by atoms with Crippen molar-refractivity contribution in [1.29, 1.82) is 0 Å². The summed E-state index contributed by atoms with van der Waals surface area (Å²) in [5.74, 6) is -0.940. The Morgan fingerprint density at radius 1 is 0.976 bits per heavy atom. The number of piperidine rings is 1. The molecule has 1 unspecified atom stereocenters. The minimum atomic E-state index is -3.28. The summed E-state index contributed by atoms with van der Waals surface area (Å²) in [6.45, 7) is 6.39. The fourth-order valence-electron chi connectivity index (χ4n) is 5.74. The maximum Gasteiger partial charge on any atom is 0.254 e. The van der Waals surface area contributed by atoms with Gasteiger partial charge in [-0.1, -0.05) is 54.6 Å². The number of halogens is 1. The number of nitrogens with zero attached hydrogens (tertiary/aromatic N) is 2. The molecule has 42 heavy (non-hydrogen) atoms. The average molecular weight is 594 g/mol. The molecule has 1 heterocycles. The van der Waals surface area contributed by atoms with Crippen molar-refractivity contribution in [1.82, 2.24) is 15.1 Å². The number of benzene rings is 3. The van der Waals surface area contributed by atoms with Crippen LogP contribution in [0.3, 0.4) is 0 Å². The van der Waals surface area contributed by atoms with Crippen molar-refractivity contribution in [3.8, 4) is 0 Å². The summed E-state index contributed by atoms with van der Waals surface area (Å²) in [5, 5.41) is 3.05. The predicted octanol–water partition coefficient (Wildman–Crippen LogP) is 5.03. The predicted molar refractivity (Wildman–Crippen MR) is 162 cm³/mol. The van der Waals surface area contributed by atoms with E-state index in [0.717, 1.165) is 37.1 Å². The zero-order chi connectivity index (χ0) is 30.3. The molecule has 3 aromatic carbocycles. The van der Waals surface area contributed by atoms with Gasteiger partial charge in [0.2, 0.25) is 5.91 Å². The maximum atomic E-state index is 14.3. The van der Waals surface area contributed by atoms with E-state index in [1.807, 2.05) is 42.2 Å². The summed E-state index contributed by atoms with van der Waals surface area (Å²) in [5.41, 5.74) is 1.79. The molecular weight excluding hydrogens is 553 g/mol. The number of carbonyl (C=O) groups excluding carboxylic acids is 2. The highest BCUT2D eigenvalue weighted by Gasteiger charge is 2.30. The molecular formula is C33H40FN3O4S. The van der Waals surface area contributed by atoms with Gasteiger partial charge in [-0.3, -0.25) is 9.59 Å². The third kappa shape index (κ3) is 8.04. The highest BCUT2D eigenvalue weighted by Crippen LogP contribution is 2.26. The Balaban J connectivity index is 1.36. The Bertz CT molecular complexity index is 1460. The molecule has 3 aromatic rings. The lowest BCUT2D eigenvalue weighted by Gasteiger charge is -2.41. The summed E-state index contributed by atoms with van der Waals surface area (Å²) >= 11 is 0. The molecule has 9 heteroatoms. The topological polar surface area (TPSA) is 86.8 Å². The Labute approximate surface area is 248 Å². The molecule has 1 aliphatic rings. The minimum Gasteiger partial charge on any atom is -0.345 e. The molecule has 0 aliphatic carbocycles. The van der Waals surface area contributed by atoms with Crippen LogP contribution in [0.1, 0.15) is 60.6 Å². The van der Waals surface area contributed by atoms with Crippen LogP contribution in [0.4, 0.5) is 4.39 Å².